The van der Waals surface area contributed by atoms with Crippen molar-refractivity contribution in [3.05, 3.63) is 49.5 Å². The lowest BCUT2D eigenvalue weighted by Crippen LogP contribution is -2.54. The summed E-state index contributed by atoms with van der Waals surface area (Å²) in [5, 5.41) is 0. The molecule has 0 aliphatic carbocycles. The Morgan fingerprint density at radius 2 is 1.67 bits per heavy atom. The van der Waals surface area contributed by atoms with Gasteiger partial charge in [-0.1, -0.05) is 12.2 Å². The van der Waals surface area contributed by atoms with Crippen LogP contribution in [0.3, 0.4) is 0 Å². The first-order chi connectivity index (χ1) is 11.6. The molecule has 1 saturated heterocycles. The highest BCUT2D eigenvalue weighted by Crippen LogP contribution is 2.10. The smallest absolute Gasteiger partial charge is 0.312 e. The average Bonchev–Trinajstić information content (AvgIpc) is 3.14. The van der Waals surface area contributed by atoms with Crippen molar-refractivity contribution in [2.75, 3.05) is 39.3 Å². The molecule has 2 rings (SSSR count). The van der Waals surface area contributed by atoms with Gasteiger partial charge in [0.05, 0.1) is 6.26 Å². The SMILES string of the molecule is C=CCN(CC=C)C(=O)C(=O)N1CCN(C(=O)c2ccco2)CC1. The predicted octanol–water partition coefficient (Wildman–Crippen LogP) is 0.765. The molecule has 1 aliphatic heterocycles. The zero-order chi connectivity index (χ0) is 17.5. The summed E-state index contributed by atoms with van der Waals surface area (Å²) in [5.74, 6) is -1.09. The molecule has 2 heterocycles. The Bertz CT molecular complexity index is 606. The van der Waals surface area contributed by atoms with E-state index in [1.807, 2.05) is 0 Å². The van der Waals surface area contributed by atoms with Crippen LogP contribution in [0.4, 0.5) is 0 Å². The fourth-order valence-corrected chi connectivity index (χ4v) is 2.49. The molecular weight excluding hydrogens is 310 g/mol. The summed E-state index contributed by atoms with van der Waals surface area (Å²) in [7, 11) is 0. The number of carbonyl (C=O) groups excluding carboxylic acids is 3. The van der Waals surface area contributed by atoms with Crippen molar-refractivity contribution in [3.63, 3.8) is 0 Å². The van der Waals surface area contributed by atoms with E-state index in [1.165, 1.54) is 16.1 Å². The van der Waals surface area contributed by atoms with Crippen LogP contribution in [0.1, 0.15) is 10.6 Å². The second kappa shape index (κ2) is 8.14. The first kappa shape index (κ1) is 17.5. The van der Waals surface area contributed by atoms with E-state index in [9.17, 15) is 14.4 Å². The summed E-state index contributed by atoms with van der Waals surface area (Å²) in [4.78, 5) is 41.2. The maximum atomic E-state index is 12.3. The van der Waals surface area contributed by atoms with Gasteiger partial charge in [0.1, 0.15) is 0 Å². The zero-order valence-corrected chi connectivity index (χ0v) is 13.5. The van der Waals surface area contributed by atoms with Crippen LogP contribution in [0.5, 0.6) is 0 Å². The summed E-state index contributed by atoms with van der Waals surface area (Å²) in [6.07, 6.45) is 4.57. The molecule has 0 radical (unpaired) electrons. The maximum absolute atomic E-state index is 12.3. The average molecular weight is 331 g/mol. The fraction of sp³-hybridized carbons (Fsp3) is 0.353. The number of rotatable bonds is 5. The first-order valence-corrected chi connectivity index (χ1v) is 7.71. The lowest BCUT2D eigenvalue weighted by atomic mass is 10.2. The van der Waals surface area contributed by atoms with Crippen molar-refractivity contribution in [1.29, 1.82) is 0 Å². The highest BCUT2D eigenvalue weighted by atomic mass is 16.3. The van der Waals surface area contributed by atoms with Gasteiger partial charge < -0.3 is 19.1 Å². The summed E-state index contributed by atoms with van der Waals surface area (Å²) < 4.78 is 5.09. The number of furan rings is 1. The molecule has 0 spiro atoms. The topological polar surface area (TPSA) is 74.1 Å². The van der Waals surface area contributed by atoms with E-state index in [1.54, 1.807) is 29.2 Å². The van der Waals surface area contributed by atoms with E-state index in [4.69, 9.17) is 4.42 Å². The molecule has 0 bridgehead atoms. The van der Waals surface area contributed by atoms with Gasteiger partial charge in [0.15, 0.2) is 5.76 Å². The van der Waals surface area contributed by atoms with E-state index < -0.39 is 11.8 Å². The molecule has 0 unspecified atom stereocenters. The van der Waals surface area contributed by atoms with E-state index in [-0.39, 0.29) is 24.8 Å². The molecule has 1 fully saturated rings. The minimum absolute atomic E-state index is 0.210. The van der Waals surface area contributed by atoms with Crippen molar-refractivity contribution >= 4 is 17.7 Å². The van der Waals surface area contributed by atoms with Gasteiger partial charge in [0.25, 0.3) is 5.91 Å². The molecule has 1 aromatic heterocycles. The Balaban J connectivity index is 1.92. The summed E-state index contributed by atoms with van der Waals surface area (Å²) in [6, 6.07) is 3.26. The lowest BCUT2D eigenvalue weighted by Gasteiger charge is -2.34. The van der Waals surface area contributed by atoms with Gasteiger partial charge in [-0.25, -0.2) is 0 Å². The second-order valence-electron chi connectivity index (χ2n) is 5.35. The van der Waals surface area contributed by atoms with Crippen LogP contribution < -0.4 is 0 Å². The first-order valence-electron chi connectivity index (χ1n) is 7.71. The molecule has 7 heteroatoms. The molecule has 1 aromatic rings. The molecule has 128 valence electrons. The molecule has 0 aromatic carbocycles. The van der Waals surface area contributed by atoms with Gasteiger partial charge in [-0.05, 0) is 12.1 Å². The minimum Gasteiger partial charge on any atom is -0.459 e. The van der Waals surface area contributed by atoms with Crippen molar-refractivity contribution < 1.29 is 18.8 Å². The third-order valence-electron chi connectivity index (χ3n) is 3.76. The van der Waals surface area contributed by atoms with E-state index in [0.717, 1.165) is 0 Å². The number of nitrogens with zero attached hydrogens (tertiary/aromatic N) is 3. The largest absolute Gasteiger partial charge is 0.459 e. The second-order valence-corrected chi connectivity index (χ2v) is 5.35. The third kappa shape index (κ3) is 3.92. The van der Waals surface area contributed by atoms with Gasteiger partial charge in [-0.2, -0.15) is 0 Å². The molecule has 0 saturated carbocycles. The Hall–Kier alpha value is -2.83. The molecule has 7 nitrogen and oxygen atoms in total. The maximum Gasteiger partial charge on any atom is 0.312 e. The van der Waals surface area contributed by atoms with E-state index in [2.05, 4.69) is 13.2 Å². The van der Waals surface area contributed by atoms with E-state index in [0.29, 0.717) is 26.2 Å². The molecule has 1 aliphatic rings. The summed E-state index contributed by atoms with van der Waals surface area (Å²) in [5.41, 5.74) is 0. The van der Waals surface area contributed by atoms with Crippen LogP contribution in [0, 0.1) is 0 Å². The highest BCUT2D eigenvalue weighted by Gasteiger charge is 2.30. The van der Waals surface area contributed by atoms with Crippen LogP contribution >= 0.6 is 0 Å². The Kier molecular flexibility index (Phi) is 5.95. The number of hydrogen-bond acceptors (Lipinski definition) is 4. The Morgan fingerprint density at radius 3 is 2.17 bits per heavy atom. The van der Waals surface area contributed by atoms with Crippen molar-refractivity contribution in [2.24, 2.45) is 0 Å². The molecule has 3 amide bonds. The molecule has 0 N–H and O–H groups in total. The van der Waals surface area contributed by atoms with Crippen molar-refractivity contribution in [3.8, 4) is 0 Å². The third-order valence-corrected chi connectivity index (χ3v) is 3.76. The fourth-order valence-electron chi connectivity index (χ4n) is 2.49. The number of amides is 3. The number of carbonyl (C=O) groups is 3. The minimum atomic E-state index is -0.583. The van der Waals surface area contributed by atoms with Crippen LogP contribution in [0.25, 0.3) is 0 Å². The monoisotopic (exact) mass is 331 g/mol. The summed E-state index contributed by atoms with van der Waals surface area (Å²) >= 11 is 0. The standard InChI is InChI=1S/C17H21N3O4/c1-3-7-18(8-4-2)16(22)17(23)20-11-9-19(10-12-20)15(21)14-6-5-13-24-14/h3-6,13H,1-2,7-12H2. The quantitative estimate of drug-likeness (QED) is 0.590. The van der Waals surface area contributed by atoms with Crippen LogP contribution in [-0.2, 0) is 9.59 Å². The highest BCUT2D eigenvalue weighted by molar-refractivity contribution is 6.35. The van der Waals surface area contributed by atoms with Gasteiger partial charge in [-0.15, -0.1) is 13.2 Å². The number of hydrogen-bond donors (Lipinski definition) is 0. The Morgan fingerprint density at radius 1 is 1.08 bits per heavy atom. The van der Waals surface area contributed by atoms with Crippen LogP contribution in [0.15, 0.2) is 48.1 Å². The normalized spacial score (nSPS) is 14.2. The lowest BCUT2D eigenvalue weighted by molar-refractivity contribution is -0.152. The van der Waals surface area contributed by atoms with Gasteiger partial charge in [0, 0.05) is 39.3 Å². The van der Waals surface area contributed by atoms with Gasteiger partial charge >= 0.3 is 11.8 Å². The van der Waals surface area contributed by atoms with Crippen LogP contribution in [0.2, 0.25) is 0 Å². The predicted molar refractivity (Wildman–Crippen MR) is 88.2 cm³/mol. The molecule has 0 atom stereocenters. The van der Waals surface area contributed by atoms with Crippen LogP contribution in [-0.4, -0.2) is 71.7 Å². The molecular formula is C17H21N3O4. The number of piperazine rings is 1. The van der Waals surface area contributed by atoms with Crippen molar-refractivity contribution in [1.82, 2.24) is 14.7 Å². The van der Waals surface area contributed by atoms with Gasteiger partial charge in [-0.3, -0.25) is 14.4 Å². The zero-order valence-electron chi connectivity index (χ0n) is 13.5. The van der Waals surface area contributed by atoms with Crippen molar-refractivity contribution in [2.45, 2.75) is 0 Å². The van der Waals surface area contributed by atoms with Gasteiger partial charge in [0.2, 0.25) is 0 Å². The molecule has 24 heavy (non-hydrogen) atoms. The Labute approximate surface area is 140 Å². The van der Waals surface area contributed by atoms with E-state index >= 15 is 0 Å². The summed E-state index contributed by atoms with van der Waals surface area (Å²) in [6.45, 7) is 9.09.